The van der Waals surface area contributed by atoms with Crippen molar-refractivity contribution in [2.45, 2.75) is 38.5 Å². The van der Waals surface area contributed by atoms with Crippen LogP contribution >= 0.6 is 24.2 Å². The molecule has 0 saturated carbocycles. The van der Waals surface area contributed by atoms with Crippen LogP contribution in [0.1, 0.15) is 38.5 Å². The third-order valence-electron chi connectivity index (χ3n) is 5.67. The first-order valence-corrected chi connectivity index (χ1v) is 10.2. The second-order valence-electron chi connectivity index (χ2n) is 7.24. The fraction of sp³-hybridized carbons (Fsp3) is 0.882. The molecule has 3 heterocycles. The Morgan fingerprint density at radius 2 is 1.46 bits per heavy atom. The molecular weight excluding hydrogens is 346 g/mol. The average Bonchev–Trinajstić information content (AvgIpc) is 3.04. The summed E-state index contributed by atoms with van der Waals surface area (Å²) in [5.74, 6) is 1.32. The number of rotatable bonds is 4. The van der Waals surface area contributed by atoms with E-state index in [2.05, 4.69) is 5.32 Å². The molecule has 3 aliphatic heterocycles. The number of nitrogens with one attached hydrogen (secondary N) is 1. The van der Waals surface area contributed by atoms with E-state index in [0.717, 1.165) is 65.0 Å². The third kappa shape index (κ3) is 5.02. The van der Waals surface area contributed by atoms with Crippen molar-refractivity contribution >= 4 is 36.0 Å². The number of nitrogens with zero attached hydrogens (tertiary/aromatic N) is 2. The summed E-state index contributed by atoms with van der Waals surface area (Å²) >= 11 is 1.49. The van der Waals surface area contributed by atoms with Crippen LogP contribution in [-0.2, 0) is 9.59 Å². The van der Waals surface area contributed by atoms with Crippen LogP contribution in [0.15, 0.2) is 0 Å². The van der Waals surface area contributed by atoms with Crippen molar-refractivity contribution in [1.29, 1.82) is 0 Å². The Bertz CT molecular complexity index is 428. The molecule has 7 heteroatoms. The number of thioether (sulfide) groups is 1. The Kier molecular flexibility index (Phi) is 7.69. The minimum Gasteiger partial charge on any atom is -0.342 e. The van der Waals surface area contributed by atoms with Crippen LogP contribution in [0.2, 0.25) is 0 Å². The minimum atomic E-state index is 0. The molecular formula is C17H30ClN3O2S. The van der Waals surface area contributed by atoms with Gasteiger partial charge in [0.25, 0.3) is 0 Å². The largest absolute Gasteiger partial charge is 0.342 e. The van der Waals surface area contributed by atoms with E-state index in [-0.39, 0.29) is 24.2 Å². The Labute approximate surface area is 155 Å². The zero-order valence-electron chi connectivity index (χ0n) is 14.4. The predicted molar refractivity (Wildman–Crippen MR) is 101 cm³/mol. The molecule has 3 rings (SSSR count). The van der Waals surface area contributed by atoms with Crippen molar-refractivity contribution in [3.8, 4) is 0 Å². The van der Waals surface area contributed by atoms with Gasteiger partial charge in [-0.15, -0.1) is 24.2 Å². The number of hydrogen-bond acceptors (Lipinski definition) is 4. The quantitative estimate of drug-likeness (QED) is 0.813. The van der Waals surface area contributed by atoms with Gasteiger partial charge in [-0.25, -0.2) is 0 Å². The van der Waals surface area contributed by atoms with Crippen LogP contribution < -0.4 is 5.32 Å². The molecule has 0 bridgehead atoms. The molecule has 3 saturated heterocycles. The lowest BCUT2D eigenvalue weighted by Gasteiger charge is -2.38. The Morgan fingerprint density at radius 1 is 0.875 bits per heavy atom. The lowest BCUT2D eigenvalue weighted by molar-refractivity contribution is -0.130. The van der Waals surface area contributed by atoms with Gasteiger partial charge in [0, 0.05) is 32.7 Å². The number of halogens is 1. The van der Waals surface area contributed by atoms with E-state index >= 15 is 0 Å². The van der Waals surface area contributed by atoms with Crippen molar-refractivity contribution < 1.29 is 9.59 Å². The second kappa shape index (κ2) is 9.30. The molecule has 0 atom stereocenters. The maximum atomic E-state index is 12.3. The van der Waals surface area contributed by atoms with Crippen LogP contribution in [0, 0.1) is 5.41 Å². The van der Waals surface area contributed by atoms with Crippen molar-refractivity contribution in [3.05, 3.63) is 0 Å². The SMILES string of the molecule is Cl.O=C(CSCC(=O)N1CCC2(CCNC2)CC1)N1CCCCC1. The van der Waals surface area contributed by atoms with Crippen LogP contribution in [-0.4, -0.2) is 72.4 Å². The van der Waals surface area contributed by atoms with Crippen LogP contribution in [0.5, 0.6) is 0 Å². The fourth-order valence-corrected chi connectivity index (χ4v) is 4.82. The van der Waals surface area contributed by atoms with Gasteiger partial charge in [0.05, 0.1) is 11.5 Å². The fourth-order valence-electron chi connectivity index (χ4n) is 4.00. The van der Waals surface area contributed by atoms with Crippen LogP contribution in [0.25, 0.3) is 0 Å². The summed E-state index contributed by atoms with van der Waals surface area (Å²) in [4.78, 5) is 28.4. The van der Waals surface area contributed by atoms with Gasteiger partial charge in [0.1, 0.15) is 0 Å². The summed E-state index contributed by atoms with van der Waals surface area (Å²) in [5, 5.41) is 3.46. The lowest BCUT2D eigenvalue weighted by Crippen LogP contribution is -2.44. The summed E-state index contributed by atoms with van der Waals surface area (Å²) in [7, 11) is 0. The molecule has 1 spiro atoms. The van der Waals surface area contributed by atoms with Gasteiger partial charge in [-0.05, 0) is 50.5 Å². The first-order chi connectivity index (χ1) is 11.2. The van der Waals surface area contributed by atoms with Crippen molar-refractivity contribution in [2.24, 2.45) is 5.41 Å². The minimum absolute atomic E-state index is 0. The summed E-state index contributed by atoms with van der Waals surface area (Å²) in [5.41, 5.74) is 0.453. The Morgan fingerprint density at radius 3 is 2.00 bits per heavy atom. The molecule has 0 unspecified atom stereocenters. The normalized spacial score (nSPS) is 23.2. The number of carbonyl (C=O) groups excluding carboxylic acids is 2. The third-order valence-corrected chi connectivity index (χ3v) is 6.57. The Balaban J connectivity index is 0.00000208. The van der Waals surface area contributed by atoms with Gasteiger partial charge in [0.15, 0.2) is 0 Å². The number of carbonyl (C=O) groups is 2. The lowest BCUT2D eigenvalue weighted by atomic mass is 9.78. The van der Waals surface area contributed by atoms with E-state index in [1.807, 2.05) is 9.80 Å². The topological polar surface area (TPSA) is 52.7 Å². The number of piperidine rings is 2. The van der Waals surface area contributed by atoms with Gasteiger partial charge in [-0.2, -0.15) is 0 Å². The second-order valence-corrected chi connectivity index (χ2v) is 8.23. The average molecular weight is 376 g/mol. The molecule has 5 nitrogen and oxygen atoms in total. The summed E-state index contributed by atoms with van der Waals surface area (Å²) in [6.07, 6.45) is 7.00. The van der Waals surface area contributed by atoms with Crippen LogP contribution in [0.3, 0.4) is 0 Å². The molecule has 3 aliphatic rings. The predicted octanol–water partition coefficient (Wildman–Crippen LogP) is 1.76. The molecule has 3 fully saturated rings. The van der Waals surface area contributed by atoms with E-state index < -0.39 is 0 Å². The van der Waals surface area contributed by atoms with Gasteiger partial charge in [-0.3, -0.25) is 9.59 Å². The van der Waals surface area contributed by atoms with Crippen molar-refractivity contribution in [3.63, 3.8) is 0 Å². The molecule has 0 aromatic rings. The van der Waals surface area contributed by atoms with E-state index in [4.69, 9.17) is 0 Å². The van der Waals surface area contributed by atoms with Crippen molar-refractivity contribution in [1.82, 2.24) is 15.1 Å². The number of hydrogen-bond donors (Lipinski definition) is 1. The van der Waals surface area contributed by atoms with Gasteiger partial charge >= 0.3 is 0 Å². The molecule has 0 aromatic carbocycles. The molecule has 2 amide bonds. The first kappa shape index (κ1) is 19.9. The maximum Gasteiger partial charge on any atom is 0.232 e. The van der Waals surface area contributed by atoms with Gasteiger partial charge in [0.2, 0.25) is 11.8 Å². The van der Waals surface area contributed by atoms with Crippen molar-refractivity contribution in [2.75, 3.05) is 50.8 Å². The summed E-state index contributed by atoms with van der Waals surface area (Å²) in [6.45, 7) is 5.82. The summed E-state index contributed by atoms with van der Waals surface area (Å²) in [6, 6.07) is 0. The standard InChI is InChI=1S/C17H29N3O2S.ClH/c21-15(19-8-2-1-3-9-19)12-23-13-16(22)20-10-5-17(6-11-20)4-7-18-14-17;/h18H,1-14H2;1H. The van der Waals surface area contributed by atoms with E-state index in [1.54, 1.807) is 0 Å². The zero-order chi connectivity index (χ0) is 16.1. The summed E-state index contributed by atoms with van der Waals surface area (Å²) < 4.78 is 0. The molecule has 1 N–H and O–H groups in total. The molecule has 24 heavy (non-hydrogen) atoms. The molecule has 0 aromatic heterocycles. The highest BCUT2D eigenvalue weighted by molar-refractivity contribution is 8.00. The van der Waals surface area contributed by atoms with Crippen LogP contribution in [0.4, 0.5) is 0 Å². The highest BCUT2D eigenvalue weighted by Gasteiger charge is 2.37. The molecule has 0 radical (unpaired) electrons. The Hall–Kier alpha value is -0.460. The monoisotopic (exact) mass is 375 g/mol. The van der Waals surface area contributed by atoms with Gasteiger partial charge in [-0.1, -0.05) is 0 Å². The van der Waals surface area contributed by atoms with Gasteiger partial charge < -0.3 is 15.1 Å². The smallest absolute Gasteiger partial charge is 0.232 e. The highest BCUT2D eigenvalue weighted by Crippen LogP contribution is 2.36. The number of amides is 2. The number of likely N-dealkylation sites (tertiary alicyclic amines) is 2. The highest BCUT2D eigenvalue weighted by atomic mass is 35.5. The molecule has 138 valence electrons. The van der Waals surface area contributed by atoms with E-state index in [9.17, 15) is 9.59 Å². The molecule has 0 aliphatic carbocycles. The van der Waals surface area contributed by atoms with E-state index in [1.165, 1.54) is 24.6 Å². The maximum absolute atomic E-state index is 12.3. The van der Waals surface area contributed by atoms with E-state index in [0.29, 0.717) is 16.9 Å². The zero-order valence-corrected chi connectivity index (χ0v) is 16.1. The first-order valence-electron chi connectivity index (χ1n) is 9.03.